The summed E-state index contributed by atoms with van der Waals surface area (Å²) in [6.45, 7) is 9.30. The summed E-state index contributed by atoms with van der Waals surface area (Å²) < 4.78 is 6.44. The van der Waals surface area contributed by atoms with Crippen molar-refractivity contribution in [1.29, 1.82) is 0 Å². The van der Waals surface area contributed by atoms with Crippen molar-refractivity contribution < 1.29 is 9.84 Å². The van der Waals surface area contributed by atoms with Crippen LogP contribution in [0.5, 0.6) is 5.75 Å². The van der Waals surface area contributed by atoms with E-state index >= 15 is 0 Å². The number of aliphatic hydroxyl groups is 1. The maximum absolute atomic E-state index is 10.5. The molecule has 0 amide bonds. The molecule has 1 aliphatic heterocycles. The first kappa shape index (κ1) is 13.9. The molecule has 20 heavy (non-hydrogen) atoms. The first-order chi connectivity index (χ1) is 9.21. The van der Waals surface area contributed by atoms with Crippen LogP contribution in [0.1, 0.15) is 65.0 Å². The Morgan fingerprint density at radius 2 is 1.60 bits per heavy atom. The third kappa shape index (κ3) is 2.46. The van der Waals surface area contributed by atoms with Crippen LogP contribution in [0, 0.1) is 10.8 Å². The van der Waals surface area contributed by atoms with Crippen molar-refractivity contribution in [2.75, 3.05) is 0 Å². The second kappa shape index (κ2) is 4.24. The first-order valence-electron chi connectivity index (χ1n) is 7.67. The average molecular weight is 274 g/mol. The van der Waals surface area contributed by atoms with Crippen molar-refractivity contribution in [3.63, 3.8) is 0 Å². The van der Waals surface area contributed by atoms with Gasteiger partial charge in [0.1, 0.15) is 11.4 Å². The standard InChI is InChI=1S/C18H26O2/c1-16(2)10-17(3,4)12-18(11-16)9-14(19)13-7-5-6-8-15(13)20-18/h5-8,14,19H,9-12H2,1-4H3/t14-/m0/s1. The number of hydrogen-bond acceptors (Lipinski definition) is 2. The Hall–Kier alpha value is -1.02. The lowest BCUT2D eigenvalue weighted by atomic mass is 9.58. The highest BCUT2D eigenvalue weighted by molar-refractivity contribution is 5.38. The quantitative estimate of drug-likeness (QED) is 0.756. The van der Waals surface area contributed by atoms with E-state index in [0.29, 0.717) is 0 Å². The molecule has 1 aromatic rings. The minimum Gasteiger partial charge on any atom is -0.487 e. The van der Waals surface area contributed by atoms with Gasteiger partial charge in [0.25, 0.3) is 0 Å². The Balaban J connectivity index is 1.98. The van der Waals surface area contributed by atoms with Gasteiger partial charge in [-0.25, -0.2) is 0 Å². The van der Waals surface area contributed by atoms with Crippen molar-refractivity contribution in [2.24, 2.45) is 10.8 Å². The Morgan fingerprint density at radius 3 is 2.25 bits per heavy atom. The molecule has 1 aliphatic carbocycles. The van der Waals surface area contributed by atoms with E-state index < -0.39 is 6.10 Å². The molecule has 1 fully saturated rings. The van der Waals surface area contributed by atoms with E-state index in [-0.39, 0.29) is 16.4 Å². The van der Waals surface area contributed by atoms with Gasteiger partial charge in [-0.15, -0.1) is 0 Å². The number of hydrogen-bond donors (Lipinski definition) is 1. The predicted octanol–water partition coefficient (Wildman–Crippen LogP) is 4.48. The summed E-state index contributed by atoms with van der Waals surface area (Å²) in [6.07, 6.45) is 3.58. The van der Waals surface area contributed by atoms with Crippen molar-refractivity contribution in [3.8, 4) is 5.75 Å². The summed E-state index contributed by atoms with van der Waals surface area (Å²) in [6, 6.07) is 7.93. The van der Waals surface area contributed by atoms with Crippen molar-refractivity contribution in [1.82, 2.24) is 0 Å². The zero-order valence-corrected chi connectivity index (χ0v) is 13.1. The average Bonchev–Trinajstić information content (AvgIpc) is 2.23. The zero-order chi connectivity index (χ0) is 14.6. The maximum atomic E-state index is 10.5. The van der Waals surface area contributed by atoms with Gasteiger partial charge in [0, 0.05) is 12.0 Å². The van der Waals surface area contributed by atoms with Crippen LogP contribution in [0.2, 0.25) is 0 Å². The molecule has 1 aromatic carbocycles. The Morgan fingerprint density at radius 1 is 1.00 bits per heavy atom. The molecule has 0 radical (unpaired) electrons. The molecule has 1 atom stereocenters. The van der Waals surface area contributed by atoms with Crippen LogP contribution in [0.15, 0.2) is 24.3 Å². The van der Waals surface area contributed by atoms with Gasteiger partial charge in [-0.1, -0.05) is 45.9 Å². The molecule has 1 spiro atoms. The molecule has 2 heteroatoms. The number of ether oxygens (including phenoxy) is 1. The minimum absolute atomic E-state index is 0.209. The second-order valence-corrected chi connectivity index (χ2v) is 8.40. The molecule has 110 valence electrons. The lowest BCUT2D eigenvalue weighted by molar-refractivity contribution is -0.104. The van der Waals surface area contributed by atoms with E-state index in [1.807, 2.05) is 24.3 Å². The normalized spacial score (nSPS) is 29.6. The molecule has 0 unspecified atom stereocenters. The van der Waals surface area contributed by atoms with Crippen LogP contribution in [0.3, 0.4) is 0 Å². The first-order valence-corrected chi connectivity index (χ1v) is 7.67. The minimum atomic E-state index is -0.398. The van der Waals surface area contributed by atoms with Gasteiger partial charge in [-0.3, -0.25) is 0 Å². The molecular weight excluding hydrogens is 248 g/mol. The molecule has 1 saturated carbocycles. The molecule has 2 nitrogen and oxygen atoms in total. The van der Waals surface area contributed by atoms with Crippen LogP contribution in [0.4, 0.5) is 0 Å². The fourth-order valence-corrected chi connectivity index (χ4v) is 5.03. The van der Waals surface area contributed by atoms with Crippen LogP contribution in [-0.4, -0.2) is 10.7 Å². The predicted molar refractivity (Wildman–Crippen MR) is 80.8 cm³/mol. The van der Waals surface area contributed by atoms with E-state index in [2.05, 4.69) is 27.7 Å². The van der Waals surface area contributed by atoms with Gasteiger partial charge in [0.15, 0.2) is 0 Å². The van der Waals surface area contributed by atoms with Crippen molar-refractivity contribution in [2.45, 2.75) is 65.1 Å². The van der Waals surface area contributed by atoms with E-state index in [9.17, 15) is 5.11 Å². The van der Waals surface area contributed by atoms with E-state index in [4.69, 9.17) is 4.74 Å². The lowest BCUT2D eigenvalue weighted by Crippen LogP contribution is -2.52. The Kier molecular flexibility index (Phi) is 2.95. The van der Waals surface area contributed by atoms with Gasteiger partial charge in [0.05, 0.1) is 6.10 Å². The van der Waals surface area contributed by atoms with E-state index in [1.54, 1.807) is 0 Å². The van der Waals surface area contributed by atoms with Gasteiger partial charge < -0.3 is 9.84 Å². The number of benzene rings is 1. The Bertz CT molecular complexity index is 500. The summed E-state index contributed by atoms with van der Waals surface area (Å²) in [7, 11) is 0. The molecular formula is C18H26O2. The third-order valence-electron chi connectivity index (χ3n) is 4.73. The number of para-hydroxylation sites is 1. The number of rotatable bonds is 0. The SMILES string of the molecule is CC1(C)CC(C)(C)CC2(C[C@H](O)c3ccccc3O2)C1. The van der Waals surface area contributed by atoms with Gasteiger partial charge in [0.2, 0.25) is 0 Å². The molecule has 0 saturated heterocycles. The largest absolute Gasteiger partial charge is 0.487 e. The molecule has 0 aromatic heterocycles. The number of aliphatic hydroxyl groups excluding tert-OH is 1. The topological polar surface area (TPSA) is 29.5 Å². The van der Waals surface area contributed by atoms with Crippen LogP contribution in [0.25, 0.3) is 0 Å². The fraction of sp³-hybridized carbons (Fsp3) is 0.667. The smallest absolute Gasteiger partial charge is 0.125 e. The lowest BCUT2D eigenvalue weighted by Gasteiger charge is -2.54. The fourth-order valence-electron chi connectivity index (χ4n) is 5.03. The second-order valence-electron chi connectivity index (χ2n) is 8.40. The summed E-state index contributed by atoms with van der Waals surface area (Å²) in [5, 5.41) is 10.5. The van der Waals surface area contributed by atoms with Gasteiger partial charge in [-0.05, 0) is 36.2 Å². The van der Waals surface area contributed by atoms with Crippen molar-refractivity contribution >= 4 is 0 Å². The summed E-state index contributed by atoms with van der Waals surface area (Å²) in [4.78, 5) is 0. The van der Waals surface area contributed by atoms with Crippen molar-refractivity contribution in [3.05, 3.63) is 29.8 Å². The highest BCUT2D eigenvalue weighted by Crippen LogP contribution is 2.56. The Labute approximate surface area is 122 Å². The molecule has 2 aliphatic rings. The monoisotopic (exact) mass is 274 g/mol. The van der Waals surface area contributed by atoms with E-state index in [0.717, 1.165) is 30.6 Å². The molecule has 0 bridgehead atoms. The summed E-state index contributed by atoms with van der Waals surface area (Å²) >= 11 is 0. The maximum Gasteiger partial charge on any atom is 0.125 e. The number of fused-ring (bicyclic) bond motifs is 1. The molecule has 1 N–H and O–H groups in total. The van der Waals surface area contributed by atoms with E-state index in [1.165, 1.54) is 6.42 Å². The zero-order valence-electron chi connectivity index (χ0n) is 13.1. The third-order valence-corrected chi connectivity index (χ3v) is 4.73. The highest BCUT2D eigenvalue weighted by Gasteiger charge is 2.51. The molecule has 3 rings (SSSR count). The van der Waals surface area contributed by atoms with Crippen LogP contribution >= 0.6 is 0 Å². The van der Waals surface area contributed by atoms with Gasteiger partial charge in [-0.2, -0.15) is 0 Å². The summed E-state index contributed by atoms with van der Waals surface area (Å²) in [5.74, 6) is 0.875. The molecule has 1 heterocycles. The summed E-state index contributed by atoms with van der Waals surface area (Å²) in [5.41, 5.74) is 1.25. The highest BCUT2D eigenvalue weighted by atomic mass is 16.5. The van der Waals surface area contributed by atoms with Crippen LogP contribution < -0.4 is 4.74 Å². The van der Waals surface area contributed by atoms with Gasteiger partial charge >= 0.3 is 0 Å². The van der Waals surface area contributed by atoms with Crippen LogP contribution in [-0.2, 0) is 0 Å².